The Balaban J connectivity index is 2.47. The molecule has 1 fully saturated rings. The highest BCUT2D eigenvalue weighted by Crippen LogP contribution is 2.20. The van der Waals surface area contributed by atoms with Gasteiger partial charge in [0.15, 0.2) is 0 Å². The summed E-state index contributed by atoms with van der Waals surface area (Å²) in [6.45, 7) is 0. The van der Waals surface area contributed by atoms with Gasteiger partial charge in [0.1, 0.15) is 5.78 Å². The van der Waals surface area contributed by atoms with Gasteiger partial charge in [-0.3, -0.25) is 9.59 Å². The molecule has 1 aliphatic rings. The maximum Gasteiger partial charge on any atom is 0.220 e. The molecule has 0 aliphatic heterocycles. The van der Waals surface area contributed by atoms with Crippen molar-refractivity contribution in [1.82, 2.24) is 0 Å². The molecule has 1 amide bonds. The quantitative estimate of drug-likeness (QED) is 0.568. The van der Waals surface area contributed by atoms with Gasteiger partial charge in [-0.2, -0.15) is 0 Å². The van der Waals surface area contributed by atoms with Crippen LogP contribution in [-0.4, -0.2) is 11.7 Å². The lowest BCUT2D eigenvalue weighted by molar-refractivity contribution is -0.129. The minimum atomic E-state index is -0.326. The summed E-state index contributed by atoms with van der Waals surface area (Å²) in [5.74, 6) is -0.329. The Bertz CT molecular complexity index is 163. The summed E-state index contributed by atoms with van der Waals surface area (Å²) in [5, 5.41) is 0. The van der Waals surface area contributed by atoms with Crippen LogP contribution in [0.5, 0.6) is 0 Å². The molecule has 1 aliphatic carbocycles. The SMILES string of the molecule is NC(=O)[C@@H]1CCCC(=O)C1. The topological polar surface area (TPSA) is 60.2 Å². The first-order valence-electron chi connectivity index (χ1n) is 3.51. The van der Waals surface area contributed by atoms with Crippen molar-refractivity contribution in [2.45, 2.75) is 25.7 Å². The predicted octanol–water partition coefficient (Wildman–Crippen LogP) is 0.231. The lowest BCUT2D eigenvalue weighted by Crippen LogP contribution is -2.28. The Morgan fingerprint density at radius 2 is 2.30 bits per heavy atom. The van der Waals surface area contributed by atoms with E-state index in [-0.39, 0.29) is 17.6 Å². The van der Waals surface area contributed by atoms with Crippen molar-refractivity contribution >= 4 is 11.7 Å². The van der Waals surface area contributed by atoms with Gasteiger partial charge in [-0.25, -0.2) is 0 Å². The molecule has 2 N–H and O–H groups in total. The second-order valence-corrected chi connectivity index (χ2v) is 2.73. The molecule has 0 bridgehead atoms. The molecular weight excluding hydrogens is 130 g/mol. The Kier molecular flexibility index (Phi) is 2.04. The summed E-state index contributed by atoms with van der Waals surface area (Å²) in [4.78, 5) is 21.3. The van der Waals surface area contributed by atoms with Crippen molar-refractivity contribution in [3.05, 3.63) is 0 Å². The Morgan fingerprint density at radius 3 is 2.70 bits per heavy atom. The summed E-state index contributed by atoms with van der Waals surface area (Å²) in [5.41, 5.74) is 5.04. The minimum Gasteiger partial charge on any atom is -0.369 e. The van der Waals surface area contributed by atoms with Crippen molar-refractivity contribution in [3.8, 4) is 0 Å². The van der Waals surface area contributed by atoms with Crippen LogP contribution in [0.1, 0.15) is 25.7 Å². The van der Waals surface area contributed by atoms with Crippen LogP contribution in [0, 0.1) is 5.92 Å². The van der Waals surface area contributed by atoms with Crippen molar-refractivity contribution in [1.29, 1.82) is 0 Å². The molecule has 0 aromatic rings. The molecule has 0 heterocycles. The van der Waals surface area contributed by atoms with Crippen molar-refractivity contribution in [2.75, 3.05) is 0 Å². The molecule has 10 heavy (non-hydrogen) atoms. The summed E-state index contributed by atoms with van der Waals surface area (Å²) in [7, 11) is 0. The Morgan fingerprint density at radius 1 is 1.60 bits per heavy atom. The first-order chi connectivity index (χ1) is 4.70. The van der Waals surface area contributed by atoms with E-state index in [4.69, 9.17) is 5.73 Å². The Labute approximate surface area is 59.6 Å². The smallest absolute Gasteiger partial charge is 0.220 e. The predicted molar refractivity (Wildman–Crippen MR) is 36.2 cm³/mol. The molecule has 0 saturated heterocycles. The van der Waals surface area contributed by atoms with Crippen LogP contribution in [0.4, 0.5) is 0 Å². The highest BCUT2D eigenvalue weighted by molar-refractivity contribution is 5.87. The average molecular weight is 141 g/mol. The van der Waals surface area contributed by atoms with Crippen molar-refractivity contribution < 1.29 is 9.59 Å². The van der Waals surface area contributed by atoms with Gasteiger partial charge in [-0.15, -0.1) is 0 Å². The normalized spacial score (nSPS) is 26.4. The van der Waals surface area contributed by atoms with E-state index in [1.807, 2.05) is 0 Å². The first-order valence-corrected chi connectivity index (χ1v) is 3.51. The molecule has 0 spiro atoms. The van der Waals surface area contributed by atoms with Gasteiger partial charge in [-0.1, -0.05) is 0 Å². The van der Waals surface area contributed by atoms with E-state index in [0.29, 0.717) is 12.8 Å². The highest BCUT2D eigenvalue weighted by atomic mass is 16.1. The van der Waals surface area contributed by atoms with Crippen LogP contribution >= 0.6 is 0 Å². The number of amides is 1. The van der Waals surface area contributed by atoms with E-state index in [1.54, 1.807) is 0 Å². The fourth-order valence-electron chi connectivity index (χ4n) is 1.27. The van der Waals surface area contributed by atoms with Crippen LogP contribution in [0.25, 0.3) is 0 Å². The van der Waals surface area contributed by atoms with Gasteiger partial charge in [0.25, 0.3) is 0 Å². The standard InChI is InChI=1S/C7H11NO2/c8-7(10)5-2-1-3-6(9)4-5/h5H,1-4H2,(H2,8,10)/t5-/m1/s1. The minimum absolute atomic E-state index is 0.176. The number of nitrogens with two attached hydrogens (primary N) is 1. The number of carbonyl (C=O) groups excluding carboxylic acids is 2. The van der Waals surface area contributed by atoms with Gasteiger partial charge < -0.3 is 5.73 Å². The maximum atomic E-state index is 10.8. The summed E-state index contributed by atoms with van der Waals surface area (Å²) < 4.78 is 0. The van der Waals surface area contributed by atoms with E-state index in [2.05, 4.69) is 0 Å². The maximum absolute atomic E-state index is 10.8. The molecule has 1 atom stereocenters. The zero-order chi connectivity index (χ0) is 7.56. The summed E-state index contributed by atoms with van der Waals surface area (Å²) >= 11 is 0. The molecule has 0 radical (unpaired) electrons. The van der Waals surface area contributed by atoms with Crippen LogP contribution in [-0.2, 0) is 9.59 Å². The number of primary amides is 1. The second kappa shape index (κ2) is 2.82. The van der Waals surface area contributed by atoms with E-state index in [0.717, 1.165) is 12.8 Å². The molecule has 3 heteroatoms. The molecule has 3 nitrogen and oxygen atoms in total. The van der Waals surface area contributed by atoms with Gasteiger partial charge in [-0.05, 0) is 12.8 Å². The van der Waals surface area contributed by atoms with E-state index >= 15 is 0 Å². The fraction of sp³-hybridized carbons (Fsp3) is 0.714. The summed E-state index contributed by atoms with van der Waals surface area (Å²) in [6, 6.07) is 0. The Hall–Kier alpha value is -0.860. The van der Waals surface area contributed by atoms with Crippen LogP contribution in [0.15, 0.2) is 0 Å². The number of ketones is 1. The van der Waals surface area contributed by atoms with Crippen LogP contribution in [0.2, 0.25) is 0 Å². The van der Waals surface area contributed by atoms with Crippen LogP contribution < -0.4 is 5.73 Å². The first kappa shape index (κ1) is 7.25. The monoisotopic (exact) mass is 141 g/mol. The number of carbonyl (C=O) groups is 2. The third-order valence-corrected chi connectivity index (χ3v) is 1.88. The largest absolute Gasteiger partial charge is 0.369 e. The van der Waals surface area contributed by atoms with Crippen molar-refractivity contribution in [2.24, 2.45) is 11.7 Å². The lowest BCUT2D eigenvalue weighted by atomic mass is 9.88. The average Bonchev–Trinajstić information content (AvgIpc) is 1.88. The van der Waals surface area contributed by atoms with Gasteiger partial charge in [0.2, 0.25) is 5.91 Å². The van der Waals surface area contributed by atoms with Gasteiger partial charge in [0, 0.05) is 18.8 Å². The number of Topliss-reactive ketones (excluding diaryl/α,β-unsaturated/α-hetero) is 1. The van der Waals surface area contributed by atoms with E-state index in [9.17, 15) is 9.59 Å². The molecule has 0 aromatic carbocycles. The molecular formula is C7H11NO2. The number of hydrogen-bond donors (Lipinski definition) is 1. The van der Waals surface area contributed by atoms with Crippen molar-refractivity contribution in [3.63, 3.8) is 0 Å². The van der Waals surface area contributed by atoms with E-state index in [1.165, 1.54) is 0 Å². The van der Waals surface area contributed by atoms with Gasteiger partial charge in [0.05, 0.1) is 0 Å². The van der Waals surface area contributed by atoms with Gasteiger partial charge >= 0.3 is 0 Å². The molecule has 1 rings (SSSR count). The molecule has 56 valence electrons. The number of hydrogen-bond acceptors (Lipinski definition) is 2. The second-order valence-electron chi connectivity index (χ2n) is 2.73. The third kappa shape index (κ3) is 1.56. The fourth-order valence-corrected chi connectivity index (χ4v) is 1.27. The zero-order valence-electron chi connectivity index (χ0n) is 5.80. The molecule has 0 aromatic heterocycles. The third-order valence-electron chi connectivity index (χ3n) is 1.88. The molecule has 0 unspecified atom stereocenters. The van der Waals surface area contributed by atoms with Crippen LogP contribution in [0.3, 0.4) is 0 Å². The number of rotatable bonds is 1. The zero-order valence-corrected chi connectivity index (χ0v) is 5.80. The molecule has 1 saturated carbocycles. The summed E-state index contributed by atoms with van der Waals surface area (Å²) in [6.07, 6.45) is 2.62. The lowest BCUT2D eigenvalue weighted by Gasteiger charge is -2.16. The van der Waals surface area contributed by atoms with E-state index < -0.39 is 0 Å². The highest BCUT2D eigenvalue weighted by Gasteiger charge is 2.23.